The average Bonchev–Trinajstić information content (AvgIpc) is 2.51. The number of amides is 1. The summed E-state index contributed by atoms with van der Waals surface area (Å²) in [7, 11) is 1.70. The van der Waals surface area contributed by atoms with Crippen molar-refractivity contribution in [3.63, 3.8) is 0 Å². The van der Waals surface area contributed by atoms with Gasteiger partial charge in [-0.3, -0.25) is 4.79 Å². The lowest BCUT2D eigenvalue weighted by atomic mass is 9.58. The molecule has 138 valence electrons. The van der Waals surface area contributed by atoms with Crippen LogP contribution >= 0.6 is 0 Å². The standard InChI is InChI=1S/C19H27NO5/c1-10-7-13(8-11(2)15(10)25-9-14(21)22)18(23)20-16-12(3)17(24-6)19(16,4)5/h7-8,12,16-17H,9H2,1-6H3,(H,20,23)(H,21,22). The first-order valence-corrected chi connectivity index (χ1v) is 8.39. The largest absolute Gasteiger partial charge is 0.481 e. The Morgan fingerprint density at radius 2 is 1.80 bits per heavy atom. The molecule has 0 aliphatic heterocycles. The van der Waals surface area contributed by atoms with Gasteiger partial charge in [0.1, 0.15) is 5.75 Å². The minimum absolute atomic E-state index is 0.0356. The van der Waals surface area contributed by atoms with Crippen molar-refractivity contribution >= 4 is 11.9 Å². The number of methoxy groups -OCH3 is 1. The lowest BCUT2D eigenvalue weighted by molar-refractivity contribution is -0.141. The van der Waals surface area contributed by atoms with Crippen LogP contribution in [0.4, 0.5) is 0 Å². The van der Waals surface area contributed by atoms with Crippen LogP contribution in [0.5, 0.6) is 5.75 Å². The molecule has 6 nitrogen and oxygen atoms in total. The number of hydrogen-bond donors (Lipinski definition) is 2. The molecule has 1 aliphatic rings. The molecule has 1 saturated carbocycles. The second kappa shape index (κ2) is 7.04. The van der Waals surface area contributed by atoms with E-state index < -0.39 is 12.6 Å². The highest BCUT2D eigenvalue weighted by atomic mass is 16.5. The van der Waals surface area contributed by atoms with Crippen molar-refractivity contribution in [2.24, 2.45) is 11.3 Å². The molecule has 0 spiro atoms. The van der Waals surface area contributed by atoms with E-state index in [9.17, 15) is 9.59 Å². The van der Waals surface area contributed by atoms with Crippen molar-refractivity contribution in [3.05, 3.63) is 28.8 Å². The second-order valence-corrected chi connectivity index (χ2v) is 7.41. The number of ether oxygens (including phenoxy) is 2. The van der Waals surface area contributed by atoms with Gasteiger partial charge in [-0.05, 0) is 37.1 Å². The molecule has 0 radical (unpaired) electrons. The van der Waals surface area contributed by atoms with E-state index in [0.717, 1.165) is 11.1 Å². The SMILES string of the molecule is COC1C(C)C(NC(=O)c2cc(C)c(OCC(=O)O)c(C)c2)C1(C)C. The van der Waals surface area contributed by atoms with Crippen molar-refractivity contribution in [2.45, 2.75) is 46.8 Å². The minimum atomic E-state index is -1.03. The van der Waals surface area contributed by atoms with Gasteiger partial charge in [0.15, 0.2) is 6.61 Å². The molecule has 1 aromatic rings. The first-order valence-electron chi connectivity index (χ1n) is 8.39. The van der Waals surface area contributed by atoms with E-state index in [0.29, 0.717) is 11.3 Å². The van der Waals surface area contributed by atoms with Crippen LogP contribution < -0.4 is 10.1 Å². The second-order valence-electron chi connectivity index (χ2n) is 7.41. The van der Waals surface area contributed by atoms with Crippen molar-refractivity contribution in [2.75, 3.05) is 13.7 Å². The molecular formula is C19H27NO5. The van der Waals surface area contributed by atoms with E-state index in [2.05, 4.69) is 26.1 Å². The number of aliphatic carboxylic acids is 1. The molecule has 0 aromatic heterocycles. The molecule has 6 heteroatoms. The summed E-state index contributed by atoms with van der Waals surface area (Å²) in [5.41, 5.74) is 1.89. The summed E-state index contributed by atoms with van der Waals surface area (Å²) in [6, 6.07) is 3.49. The highest BCUT2D eigenvalue weighted by molar-refractivity contribution is 5.95. The molecule has 0 bridgehead atoms. The Labute approximate surface area is 148 Å². The molecular weight excluding hydrogens is 322 g/mol. The zero-order valence-electron chi connectivity index (χ0n) is 15.7. The minimum Gasteiger partial charge on any atom is -0.481 e. The number of rotatable bonds is 6. The quantitative estimate of drug-likeness (QED) is 0.824. The van der Waals surface area contributed by atoms with Crippen LogP contribution in [0.15, 0.2) is 12.1 Å². The summed E-state index contributed by atoms with van der Waals surface area (Å²) in [6.07, 6.45) is 0.119. The van der Waals surface area contributed by atoms with Gasteiger partial charge in [-0.1, -0.05) is 20.8 Å². The Hall–Kier alpha value is -2.08. The Morgan fingerprint density at radius 3 is 2.24 bits per heavy atom. The zero-order chi connectivity index (χ0) is 18.9. The van der Waals surface area contributed by atoms with E-state index in [-0.39, 0.29) is 29.4 Å². The van der Waals surface area contributed by atoms with Crippen molar-refractivity contribution in [1.82, 2.24) is 5.32 Å². The molecule has 0 heterocycles. The van der Waals surface area contributed by atoms with Crippen molar-refractivity contribution < 1.29 is 24.2 Å². The molecule has 2 N–H and O–H groups in total. The normalized spacial score (nSPS) is 24.3. The first kappa shape index (κ1) is 19.2. The van der Waals surface area contributed by atoms with Crippen LogP contribution in [0.1, 0.15) is 42.3 Å². The van der Waals surface area contributed by atoms with Crippen LogP contribution in [0.25, 0.3) is 0 Å². The fourth-order valence-electron chi connectivity index (χ4n) is 4.09. The third-order valence-electron chi connectivity index (χ3n) is 5.14. The fourth-order valence-corrected chi connectivity index (χ4v) is 4.09. The Balaban J connectivity index is 2.14. The maximum atomic E-state index is 12.7. The monoisotopic (exact) mass is 349 g/mol. The summed E-state index contributed by atoms with van der Waals surface area (Å²) in [6.45, 7) is 9.45. The van der Waals surface area contributed by atoms with E-state index >= 15 is 0 Å². The van der Waals surface area contributed by atoms with Gasteiger partial charge in [0.2, 0.25) is 0 Å². The van der Waals surface area contributed by atoms with Crippen molar-refractivity contribution in [1.29, 1.82) is 0 Å². The fraction of sp³-hybridized carbons (Fsp3) is 0.579. The summed E-state index contributed by atoms with van der Waals surface area (Å²) in [5, 5.41) is 11.9. The maximum absolute atomic E-state index is 12.7. The highest BCUT2D eigenvalue weighted by Gasteiger charge is 2.55. The van der Waals surface area contributed by atoms with Crippen LogP contribution in [-0.2, 0) is 9.53 Å². The molecule has 2 rings (SSSR count). The van der Waals surface area contributed by atoms with Crippen LogP contribution in [0.3, 0.4) is 0 Å². The number of nitrogens with one attached hydrogen (secondary N) is 1. The van der Waals surface area contributed by atoms with Crippen LogP contribution in [0, 0.1) is 25.2 Å². The van der Waals surface area contributed by atoms with Gasteiger partial charge in [-0.15, -0.1) is 0 Å². The van der Waals surface area contributed by atoms with Gasteiger partial charge in [0.25, 0.3) is 5.91 Å². The Bertz CT molecular complexity index is 659. The number of hydrogen-bond acceptors (Lipinski definition) is 4. The molecule has 1 fully saturated rings. The van der Waals surface area contributed by atoms with Gasteiger partial charge in [-0.25, -0.2) is 4.79 Å². The first-order chi connectivity index (χ1) is 11.6. The summed E-state index contributed by atoms with van der Waals surface area (Å²) in [5.74, 6) is -0.426. The van der Waals surface area contributed by atoms with E-state index in [1.165, 1.54) is 0 Å². The third-order valence-corrected chi connectivity index (χ3v) is 5.14. The summed E-state index contributed by atoms with van der Waals surface area (Å²) >= 11 is 0. The van der Waals surface area contributed by atoms with Gasteiger partial charge < -0.3 is 19.9 Å². The highest BCUT2D eigenvalue weighted by Crippen LogP contribution is 2.47. The van der Waals surface area contributed by atoms with E-state index in [1.807, 2.05) is 0 Å². The Kier molecular flexibility index (Phi) is 5.42. The number of aryl methyl sites for hydroxylation is 2. The Morgan fingerprint density at radius 1 is 1.24 bits per heavy atom. The maximum Gasteiger partial charge on any atom is 0.341 e. The number of benzene rings is 1. The van der Waals surface area contributed by atoms with Gasteiger partial charge in [0.05, 0.1) is 6.10 Å². The smallest absolute Gasteiger partial charge is 0.341 e. The molecule has 3 atom stereocenters. The predicted octanol–water partition coefficient (Wildman–Crippen LogP) is 2.56. The molecule has 1 aromatic carbocycles. The number of carbonyl (C=O) groups is 2. The lowest BCUT2D eigenvalue weighted by Crippen LogP contribution is -2.67. The van der Waals surface area contributed by atoms with Crippen LogP contribution in [0.2, 0.25) is 0 Å². The van der Waals surface area contributed by atoms with Gasteiger partial charge in [0, 0.05) is 30.0 Å². The zero-order valence-corrected chi connectivity index (χ0v) is 15.7. The molecule has 25 heavy (non-hydrogen) atoms. The van der Waals surface area contributed by atoms with Gasteiger partial charge >= 0.3 is 5.97 Å². The molecule has 1 aliphatic carbocycles. The van der Waals surface area contributed by atoms with Crippen LogP contribution in [-0.4, -0.2) is 42.8 Å². The molecule has 1 amide bonds. The molecule has 0 saturated heterocycles. The summed E-state index contributed by atoms with van der Waals surface area (Å²) in [4.78, 5) is 23.3. The third kappa shape index (κ3) is 3.63. The van der Waals surface area contributed by atoms with Crippen molar-refractivity contribution in [3.8, 4) is 5.75 Å². The van der Waals surface area contributed by atoms with E-state index in [4.69, 9.17) is 14.6 Å². The average molecular weight is 349 g/mol. The number of carboxylic acids is 1. The van der Waals surface area contributed by atoms with E-state index in [1.54, 1.807) is 33.1 Å². The topological polar surface area (TPSA) is 84.9 Å². The van der Waals surface area contributed by atoms with Gasteiger partial charge in [-0.2, -0.15) is 0 Å². The summed E-state index contributed by atoms with van der Waals surface area (Å²) < 4.78 is 10.8. The molecule has 3 unspecified atom stereocenters. The number of carboxylic acid groups (broad SMARTS) is 1. The number of carbonyl (C=O) groups excluding carboxylic acids is 1. The predicted molar refractivity (Wildman–Crippen MR) is 94.0 cm³/mol. The lowest BCUT2D eigenvalue weighted by Gasteiger charge is -2.56.